The normalized spacial score (nSPS) is 10.2. The number of aryl methyl sites for hydroxylation is 2. The van der Waals surface area contributed by atoms with Gasteiger partial charge in [0, 0.05) is 11.8 Å². The molecular weight excluding hydrogens is 242 g/mol. The van der Waals surface area contributed by atoms with Gasteiger partial charge in [-0.3, -0.25) is 0 Å². The average molecular weight is 257 g/mol. The van der Waals surface area contributed by atoms with Crippen LogP contribution < -0.4 is 4.74 Å². The second-order valence-corrected chi connectivity index (χ2v) is 4.21. The van der Waals surface area contributed by atoms with Crippen molar-refractivity contribution in [2.24, 2.45) is 0 Å². The van der Waals surface area contributed by atoms with E-state index in [1.807, 2.05) is 38.1 Å². The molecule has 2 aromatic rings. The molecular formula is C15H15NO3. The molecule has 0 fully saturated rings. The number of aromatic nitrogens is 1. The maximum Gasteiger partial charge on any atom is 0.335 e. The average Bonchev–Trinajstić information content (AvgIpc) is 2.41. The van der Waals surface area contributed by atoms with E-state index in [0.717, 1.165) is 5.56 Å². The quantitative estimate of drug-likeness (QED) is 0.911. The van der Waals surface area contributed by atoms with Crippen LogP contribution >= 0.6 is 0 Å². The van der Waals surface area contributed by atoms with Gasteiger partial charge in [-0.05, 0) is 31.0 Å². The molecule has 0 amide bonds. The van der Waals surface area contributed by atoms with Gasteiger partial charge < -0.3 is 9.84 Å². The van der Waals surface area contributed by atoms with E-state index in [9.17, 15) is 4.79 Å². The zero-order chi connectivity index (χ0) is 13.8. The van der Waals surface area contributed by atoms with Crippen LogP contribution in [0.25, 0.3) is 0 Å². The van der Waals surface area contributed by atoms with E-state index < -0.39 is 5.97 Å². The van der Waals surface area contributed by atoms with Gasteiger partial charge in [0.05, 0.1) is 5.56 Å². The second-order valence-electron chi connectivity index (χ2n) is 4.21. The molecule has 1 heterocycles. The lowest BCUT2D eigenvalue weighted by Crippen LogP contribution is -2.01. The third-order valence-electron chi connectivity index (χ3n) is 2.77. The Morgan fingerprint density at radius 2 is 2.05 bits per heavy atom. The van der Waals surface area contributed by atoms with Gasteiger partial charge >= 0.3 is 5.97 Å². The van der Waals surface area contributed by atoms with Crippen molar-refractivity contribution < 1.29 is 14.6 Å². The fourth-order valence-corrected chi connectivity index (χ4v) is 1.70. The second kappa shape index (κ2) is 5.52. The van der Waals surface area contributed by atoms with Crippen LogP contribution in [0.4, 0.5) is 0 Å². The first-order valence-electron chi connectivity index (χ1n) is 6.08. The number of ether oxygens (including phenoxy) is 1. The fourth-order valence-electron chi connectivity index (χ4n) is 1.70. The van der Waals surface area contributed by atoms with E-state index in [0.29, 0.717) is 23.7 Å². The van der Waals surface area contributed by atoms with Crippen LogP contribution in [0.5, 0.6) is 11.6 Å². The van der Waals surface area contributed by atoms with E-state index in [2.05, 4.69) is 4.98 Å². The van der Waals surface area contributed by atoms with Crippen LogP contribution in [0.2, 0.25) is 0 Å². The summed E-state index contributed by atoms with van der Waals surface area (Å²) in [7, 11) is 0. The third-order valence-corrected chi connectivity index (χ3v) is 2.77. The van der Waals surface area contributed by atoms with E-state index >= 15 is 0 Å². The lowest BCUT2D eigenvalue weighted by Gasteiger charge is -2.09. The molecule has 0 aliphatic rings. The summed E-state index contributed by atoms with van der Waals surface area (Å²) in [6.45, 7) is 3.85. The van der Waals surface area contributed by atoms with Crippen LogP contribution in [0.3, 0.4) is 0 Å². The van der Waals surface area contributed by atoms with E-state index in [-0.39, 0.29) is 5.56 Å². The molecule has 1 aromatic carbocycles. The summed E-state index contributed by atoms with van der Waals surface area (Å²) in [5.41, 5.74) is 1.86. The summed E-state index contributed by atoms with van der Waals surface area (Å²) >= 11 is 0. The maximum absolute atomic E-state index is 11.1. The minimum Gasteiger partial charge on any atom is -0.478 e. The van der Waals surface area contributed by atoms with Gasteiger partial charge in [-0.25, -0.2) is 9.78 Å². The molecule has 0 bridgehead atoms. The molecule has 2 rings (SSSR count). The minimum atomic E-state index is -0.980. The molecule has 4 heteroatoms. The molecule has 0 unspecified atom stereocenters. The van der Waals surface area contributed by atoms with Crippen LogP contribution in [0.15, 0.2) is 36.4 Å². The van der Waals surface area contributed by atoms with Gasteiger partial charge in [-0.2, -0.15) is 0 Å². The zero-order valence-electron chi connectivity index (χ0n) is 10.9. The van der Waals surface area contributed by atoms with E-state index in [1.165, 1.54) is 6.07 Å². The number of nitrogens with zero attached hydrogens (tertiary/aromatic N) is 1. The number of carboxylic acid groups (broad SMARTS) is 1. The standard InChI is InChI=1S/C15H15NO3/c1-3-12-8-11(15(17)18)9-14(16-12)19-13-7-5-4-6-10(13)2/h4-9H,3H2,1-2H3,(H,17,18). The Bertz CT molecular complexity index is 608. The molecule has 0 aliphatic carbocycles. The molecule has 0 saturated heterocycles. The predicted molar refractivity (Wildman–Crippen MR) is 71.8 cm³/mol. The van der Waals surface area contributed by atoms with Crippen molar-refractivity contribution in [3.05, 3.63) is 53.2 Å². The Hall–Kier alpha value is -2.36. The van der Waals surface area contributed by atoms with Gasteiger partial charge in [0.25, 0.3) is 0 Å². The maximum atomic E-state index is 11.1. The number of carbonyl (C=O) groups is 1. The number of hydrogen-bond acceptors (Lipinski definition) is 3. The van der Waals surface area contributed by atoms with Gasteiger partial charge in [0.15, 0.2) is 0 Å². The van der Waals surface area contributed by atoms with Crippen molar-refractivity contribution in [3.8, 4) is 11.6 Å². The molecule has 0 atom stereocenters. The number of hydrogen-bond donors (Lipinski definition) is 1. The highest BCUT2D eigenvalue weighted by Crippen LogP contribution is 2.24. The number of para-hydroxylation sites is 1. The first-order chi connectivity index (χ1) is 9.10. The van der Waals surface area contributed by atoms with Gasteiger partial charge in [0.1, 0.15) is 5.75 Å². The van der Waals surface area contributed by atoms with Crippen LogP contribution in [0.1, 0.15) is 28.5 Å². The Labute approximate surface area is 111 Å². The summed E-state index contributed by atoms with van der Waals surface area (Å²) in [6.07, 6.45) is 0.658. The largest absolute Gasteiger partial charge is 0.478 e. The summed E-state index contributed by atoms with van der Waals surface area (Å²) < 4.78 is 5.67. The molecule has 0 saturated carbocycles. The molecule has 19 heavy (non-hydrogen) atoms. The van der Waals surface area contributed by atoms with Crippen molar-refractivity contribution in [3.63, 3.8) is 0 Å². The smallest absolute Gasteiger partial charge is 0.335 e. The number of benzene rings is 1. The van der Waals surface area contributed by atoms with Crippen LogP contribution in [-0.2, 0) is 6.42 Å². The van der Waals surface area contributed by atoms with E-state index in [4.69, 9.17) is 9.84 Å². The molecule has 1 aromatic heterocycles. The fraction of sp³-hybridized carbons (Fsp3) is 0.200. The molecule has 0 aliphatic heterocycles. The highest BCUT2D eigenvalue weighted by Gasteiger charge is 2.10. The van der Waals surface area contributed by atoms with Crippen molar-refractivity contribution in [2.75, 3.05) is 0 Å². The number of pyridine rings is 1. The molecule has 98 valence electrons. The topological polar surface area (TPSA) is 59.4 Å². The molecule has 0 spiro atoms. The zero-order valence-corrected chi connectivity index (χ0v) is 10.9. The summed E-state index contributed by atoms with van der Waals surface area (Å²) in [4.78, 5) is 15.3. The minimum absolute atomic E-state index is 0.190. The summed E-state index contributed by atoms with van der Waals surface area (Å²) in [6, 6.07) is 10.5. The van der Waals surface area contributed by atoms with Crippen LogP contribution in [0, 0.1) is 6.92 Å². The first kappa shape index (κ1) is 13.1. The monoisotopic (exact) mass is 257 g/mol. The van der Waals surface area contributed by atoms with Gasteiger partial charge in [0.2, 0.25) is 5.88 Å². The van der Waals surface area contributed by atoms with Crippen molar-refractivity contribution in [1.82, 2.24) is 4.98 Å². The van der Waals surface area contributed by atoms with Gasteiger partial charge in [-0.15, -0.1) is 0 Å². The Morgan fingerprint density at radius 3 is 2.68 bits per heavy atom. The lowest BCUT2D eigenvalue weighted by atomic mass is 10.2. The first-order valence-corrected chi connectivity index (χ1v) is 6.08. The summed E-state index contributed by atoms with van der Waals surface area (Å²) in [5, 5.41) is 9.07. The molecule has 1 N–H and O–H groups in total. The molecule has 4 nitrogen and oxygen atoms in total. The number of rotatable bonds is 4. The highest BCUT2D eigenvalue weighted by atomic mass is 16.5. The Balaban J connectivity index is 2.37. The van der Waals surface area contributed by atoms with Crippen molar-refractivity contribution in [1.29, 1.82) is 0 Å². The predicted octanol–water partition coefficient (Wildman–Crippen LogP) is 3.44. The van der Waals surface area contributed by atoms with Crippen molar-refractivity contribution >= 4 is 5.97 Å². The Kier molecular flexibility index (Phi) is 3.80. The molecule has 0 radical (unpaired) electrons. The van der Waals surface area contributed by atoms with Crippen LogP contribution in [-0.4, -0.2) is 16.1 Å². The lowest BCUT2D eigenvalue weighted by molar-refractivity contribution is 0.0696. The van der Waals surface area contributed by atoms with Crippen molar-refractivity contribution in [2.45, 2.75) is 20.3 Å². The van der Waals surface area contributed by atoms with E-state index in [1.54, 1.807) is 6.07 Å². The SMILES string of the molecule is CCc1cc(C(=O)O)cc(Oc2ccccc2C)n1. The number of carboxylic acids is 1. The number of aromatic carboxylic acids is 1. The highest BCUT2D eigenvalue weighted by molar-refractivity contribution is 5.88. The van der Waals surface area contributed by atoms with Gasteiger partial charge in [-0.1, -0.05) is 25.1 Å². The third kappa shape index (κ3) is 3.10. The Morgan fingerprint density at radius 1 is 1.32 bits per heavy atom. The summed E-state index contributed by atoms with van der Waals surface area (Å²) in [5.74, 6) is 0.0115.